The molecule has 0 aromatic rings. The number of hydrogen-bond donors (Lipinski definition) is 0. The van der Waals surface area contributed by atoms with Gasteiger partial charge in [-0.1, -0.05) is 0 Å². The van der Waals surface area contributed by atoms with Crippen molar-refractivity contribution in [3.8, 4) is 0 Å². The van der Waals surface area contributed by atoms with Gasteiger partial charge in [0.15, 0.2) is 5.41 Å². The Labute approximate surface area is 96.1 Å². The summed E-state index contributed by atoms with van der Waals surface area (Å²) in [5.41, 5.74) is -1.42. The normalized spacial score (nSPS) is 13.1. The van der Waals surface area contributed by atoms with E-state index in [-0.39, 0.29) is 13.2 Å². The van der Waals surface area contributed by atoms with Gasteiger partial charge in [0.05, 0.1) is 19.3 Å². The third-order valence-corrected chi connectivity index (χ3v) is 2.57. The fourth-order valence-corrected chi connectivity index (χ4v) is 1.21. The molecule has 16 heavy (non-hydrogen) atoms. The Bertz CT molecular complexity index is 231. The molecule has 0 bridgehead atoms. The highest BCUT2D eigenvalue weighted by molar-refractivity contribution is 6.00. The second-order valence-electron chi connectivity index (χ2n) is 3.52. The number of hydrogen-bond acceptors (Lipinski definition) is 5. The largest absolute Gasteiger partial charge is 0.465 e. The van der Waals surface area contributed by atoms with Crippen LogP contribution in [0.15, 0.2) is 0 Å². The smallest absolute Gasteiger partial charge is 0.325 e. The molecule has 0 rings (SSSR count). The van der Waals surface area contributed by atoms with Crippen LogP contribution in [0.4, 0.5) is 0 Å². The van der Waals surface area contributed by atoms with Gasteiger partial charge >= 0.3 is 11.9 Å². The first-order valence-corrected chi connectivity index (χ1v) is 5.32. The number of carbonyl (C=O) groups is 2. The fraction of sp³-hybridized carbons (Fsp3) is 0.818. The predicted octanol–water partition coefficient (Wildman–Crippen LogP) is 1.15. The summed E-state index contributed by atoms with van der Waals surface area (Å²) in [4.78, 5) is 23.6. The van der Waals surface area contributed by atoms with Crippen LogP contribution in [-0.4, -0.2) is 38.4 Å². The third-order valence-electron chi connectivity index (χ3n) is 2.57. The van der Waals surface area contributed by atoms with E-state index in [0.717, 1.165) is 0 Å². The third kappa shape index (κ3) is 2.95. The lowest BCUT2D eigenvalue weighted by Crippen LogP contribution is -2.48. The Balaban J connectivity index is 5.02. The fourth-order valence-electron chi connectivity index (χ4n) is 1.21. The average Bonchev–Trinajstić information content (AvgIpc) is 2.27. The van der Waals surface area contributed by atoms with E-state index >= 15 is 0 Å². The Morgan fingerprint density at radius 2 is 1.50 bits per heavy atom. The number of rotatable bonds is 6. The van der Waals surface area contributed by atoms with Gasteiger partial charge in [-0.2, -0.15) is 0 Å². The van der Waals surface area contributed by atoms with Crippen molar-refractivity contribution in [1.82, 2.24) is 0 Å². The molecule has 0 saturated carbocycles. The molecule has 0 fully saturated rings. The van der Waals surface area contributed by atoms with Crippen LogP contribution >= 0.6 is 0 Å². The van der Waals surface area contributed by atoms with E-state index < -0.39 is 23.5 Å². The minimum atomic E-state index is -1.42. The predicted molar refractivity (Wildman–Crippen MR) is 57.8 cm³/mol. The maximum Gasteiger partial charge on any atom is 0.325 e. The summed E-state index contributed by atoms with van der Waals surface area (Å²) in [5.74, 6) is -1.24. The van der Waals surface area contributed by atoms with Crippen LogP contribution in [-0.2, 0) is 23.8 Å². The van der Waals surface area contributed by atoms with E-state index in [9.17, 15) is 9.59 Å². The first-order valence-electron chi connectivity index (χ1n) is 5.32. The van der Waals surface area contributed by atoms with Gasteiger partial charge in [0.1, 0.15) is 0 Å². The summed E-state index contributed by atoms with van der Waals surface area (Å²) in [6, 6.07) is 0. The molecule has 0 spiro atoms. The molecule has 94 valence electrons. The molecule has 0 N–H and O–H groups in total. The number of carbonyl (C=O) groups excluding carboxylic acids is 2. The van der Waals surface area contributed by atoms with Gasteiger partial charge in [-0.05, 0) is 27.7 Å². The lowest BCUT2D eigenvalue weighted by atomic mass is 9.85. The summed E-state index contributed by atoms with van der Waals surface area (Å²) in [6.07, 6.45) is -0.606. The van der Waals surface area contributed by atoms with Crippen LogP contribution < -0.4 is 0 Å². The Kier molecular flexibility index (Phi) is 6.03. The molecule has 0 amide bonds. The monoisotopic (exact) mass is 232 g/mol. The Hall–Kier alpha value is -1.10. The van der Waals surface area contributed by atoms with E-state index in [4.69, 9.17) is 14.2 Å². The van der Waals surface area contributed by atoms with Crippen molar-refractivity contribution in [1.29, 1.82) is 0 Å². The SMILES string of the molecule is CCOC(=O)C(C)(C(=O)OCC)C(C)OC. The van der Waals surface area contributed by atoms with Crippen LogP contribution in [0.2, 0.25) is 0 Å². The van der Waals surface area contributed by atoms with Crippen LogP contribution in [0.25, 0.3) is 0 Å². The van der Waals surface area contributed by atoms with Crippen molar-refractivity contribution in [2.75, 3.05) is 20.3 Å². The van der Waals surface area contributed by atoms with Crippen molar-refractivity contribution in [2.45, 2.75) is 33.8 Å². The first-order chi connectivity index (χ1) is 7.44. The number of ether oxygens (including phenoxy) is 3. The molecule has 0 aliphatic carbocycles. The van der Waals surface area contributed by atoms with E-state index in [1.165, 1.54) is 14.0 Å². The van der Waals surface area contributed by atoms with E-state index in [1.807, 2.05) is 0 Å². The van der Waals surface area contributed by atoms with Crippen molar-refractivity contribution >= 4 is 11.9 Å². The Morgan fingerprint density at radius 3 is 1.75 bits per heavy atom. The van der Waals surface area contributed by atoms with Gasteiger partial charge in [0.2, 0.25) is 0 Å². The molecule has 5 heteroatoms. The second kappa shape index (κ2) is 6.48. The summed E-state index contributed by atoms with van der Waals surface area (Å²) < 4.78 is 14.8. The molecule has 0 saturated heterocycles. The van der Waals surface area contributed by atoms with Gasteiger partial charge in [-0.25, -0.2) is 0 Å². The van der Waals surface area contributed by atoms with Crippen LogP contribution in [0, 0.1) is 5.41 Å². The molecule has 0 radical (unpaired) electrons. The zero-order valence-electron chi connectivity index (χ0n) is 10.5. The van der Waals surface area contributed by atoms with Gasteiger partial charge in [0.25, 0.3) is 0 Å². The minimum Gasteiger partial charge on any atom is -0.465 e. The zero-order chi connectivity index (χ0) is 12.8. The molecule has 1 atom stereocenters. The minimum absolute atomic E-state index is 0.213. The number of esters is 2. The highest BCUT2D eigenvalue weighted by atomic mass is 16.6. The Morgan fingerprint density at radius 1 is 1.12 bits per heavy atom. The summed E-state index contributed by atoms with van der Waals surface area (Å²) in [7, 11) is 1.43. The summed E-state index contributed by atoms with van der Waals surface area (Å²) in [6.45, 7) is 6.89. The van der Waals surface area contributed by atoms with Gasteiger partial charge in [0, 0.05) is 7.11 Å². The molecule has 0 aromatic carbocycles. The van der Waals surface area contributed by atoms with Crippen molar-refractivity contribution in [2.24, 2.45) is 5.41 Å². The molecular weight excluding hydrogens is 212 g/mol. The summed E-state index contributed by atoms with van der Waals surface area (Å²) in [5, 5.41) is 0. The van der Waals surface area contributed by atoms with Crippen molar-refractivity contribution in [3.63, 3.8) is 0 Å². The molecule has 0 aliphatic heterocycles. The van der Waals surface area contributed by atoms with E-state index in [1.54, 1.807) is 20.8 Å². The molecule has 1 unspecified atom stereocenters. The molecule has 5 nitrogen and oxygen atoms in total. The van der Waals surface area contributed by atoms with E-state index in [0.29, 0.717) is 0 Å². The van der Waals surface area contributed by atoms with Crippen molar-refractivity contribution in [3.05, 3.63) is 0 Å². The maximum absolute atomic E-state index is 11.8. The lowest BCUT2D eigenvalue weighted by Gasteiger charge is -2.29. The lowest BCUT2D eigenvalue weighted by molar-refractivity contribution is -0.179. The quantitative estimate of drug-likeness (QED) is 0.508. The average molecular weight is 232 g/mol. The first kappa shape index (κ1) is 14.9. The van der Waals surface area contributed by atoms with Crippen LogP contribution in [0.5, 0.6) is 0 Å². The maximum atomic E-state index is 11.8. The summed E-state index contributed by atoms with van der Waals surface area (Å²) >= 11 is 0. The van der Waals surface area contributed by atoms with E-state index in [2.05, 4.69) is 0 Å². The van der Waals surface area contributed by atoms with Gasteiger partial charge in [-0.15, -0.1) is 0 Å². The molecule has 0 heterocycles. The second-order valence-corrected chi connectivity index (χ2v) is 3.52. The standard InChI is InChI=1S/C11H20O5/c1-6-15-9(12)11(4,8(3)14-5)10(13)16-7-2/h8H,6-7H2,1-5H3. The molecule has 0 aliphatic rings. The van der Waals surface area contributed by atoms with Gasteiger partial charge < -0.3 is 14.2 Å². The van der Waals surface area contributed by atoms with Crippen molar-refractivity contribution < 1.29 is 23.8 Å². The van der Waals surface area contributed by atoms with Gasteiger partial charge in [-0.3, -0.25) is 9.59 Å². The highest BCUT2D eigenvalue weighted by Gasteiger charge is 2.49. The molecule has 0 aromatic heterocycles. The van der Waals surface area contributed by atoms with Crippen LogP contribution in [0.1, 0.15) is 27.7 Å². The highest BCUT2D eigenvalue weighted by Crippen LogP contribution is 2.27. The zero-order valence-corrected chi connectivity index (χ0v) is 10.5. The topological polar surface area (TPSA) is 61.8 Å². The van der Waals surface area contributed by atoms with Crippen LogP contribution in [0.3, 0.4) is 0 Å². The molecular formula is C11H20O5. The number of methoxy groups -OCH3 is 1.